The van der Waals surface area contributed by atoms with Gasteiger partial charge < -0.3 is 33.0 Å². The van der Waals surface area contributed by atoms with Crippen molar-refractivity contribution in [3.05, 3.63) is 102 Å². The van der Waals surface area contributed by atoms with E-state index in [0.717, 1.165) is 28.2 Å². The number of methoxy groups -OCH3 is 1. The molecular weight excluding hydrogens is 486 g/mol. The molecule has 38 heavy (non-hydrogen) atoms. The molecule has 0 radical (unpaired) electrons. The smallest absolute Gasteiger partial charge is 0.289 e. The summed E-state index contributed by atoms with van der Waals surface area (Å²) in [7, 11) is 1.67. The summed E-state index contributed by atoms with van der Waals surface area (Å²) in [5.41, 5.74) is 3.01. The highest BCUT2D eigenvalue weighted by Crippen LogP contribution is 2.40. The molecule has 1 aromatic heterocycles. The lowest BCUT2D eigenvalue weighted by Gasteiger charge is -2.26. The maximum atomic E-state index is 13.5. The number of ether oxygens (including phenoxy) is 5. The minimum absolute atomic E-state index is 0.0655. The fraction of sp³-hybridized carbons (Fsp3) is 0.233. The van der Waals surface area contributed by atoms with Gasteiger partial charge in [0.15, 0.2) is 28.8 Å². The van der Waals surface area contributed by atoms with Crippen LogP contribution >= 0.6 is 0 Å². The summed E-state index contributed by atoms with van der Waals surface area (Å²) in [4.78, 5) is 15.3. The summed E-state index contributed by atoms with van der Waals surface area (Å²) in [6.45, 7) is 1.25. The number of carbonyl (C=O) groups excluding carboxylic acids is 1. The average molecular weight is 514 g/mol. The van der Waals surface area contributed by atoms with Crippen LogP contribution in [-0.2, 0) is 6.54 Å². The third-order valence-electron chi connectivity index (χ3n) is 6.83. The van der Waals surface area contributed by atoms with E-state index in [0.29, 0.717) is 42.5 Å². The number of rotatable bonds is 9. The Labute approximate surface area is 220 Å². The molecule has 0 bridgehead atoms. The van der Waals surface area contributed by atoms with Crippen molar-refractivity contribution in [3.63, 3.8) is 0 Å². The molecule has 0 saturated heterocycles. The van der Waals surface area contributed by atoms with Crippen molar-refractivity contribution in [2.45, 2.75) is 18.9 Å². The number of nitrogens with zero attached hydrogens (tertiary/aromatic N) is 1. The van der Waals surface area contributed by atoms with Crippen molar-refractivity contribution in [2.24, 2.45) is 0 Å². The Morgan fingerprint density at radius 3 is 2.37 bits per heavy atom. The Kier molecular flexibility index (Phi) is 6.52. The summed E-state index contributed by atoms with van der Waals surface area (Å²) in [5, 5.41) is 0. The molecule has 3 aromatic carbocycles. The van der Waals surface area contributed by atoms with Gasteiger partial charge in [-0.1, -0.05) is 30.3 Å². The van der Waals surface area contributed by atoms with E-state index in [2.05, 4.69) is 6.07 Å². The maximum Gasteiger partial charge on any atom is 0.289 e. The third kappa shape index (κ3) is 4.72. The van der Waals surface area contributed by atoms with Gasteiger partial charge in [-0.2, -0.15) is 0 Å². The van der Waals surface area contributed by atoms with Crippen LogP contribution in [-0.4, -0.2) is 38.0 Å². The first-order valence-corrected chi connectivity index (χ1v) is 12.4. The number of carbonyl (C=O) groups is 1. The first-order valence-electron chi connectivity index (χ1n) is 12.4. The van der Waals surface area contributed by atoms with Crippen molar-refractivity contribution in [3.8, 4) is 28.7 Å². The van der Waals surface area contributed by atoms with Gasteiger partial charge in [-0.3, -0.25) is 4.79 Å². The van der Waals surface area contributed by atoms with Gasteiger partial charge in [-0.25, -0.2) is 0 Å². The second-order valence-electron chi connectivity index (χ2n) is 9.09. The van der Waals surface area contributed by atoms with E-state index in [1.54, 1.807) is 24.1 Å². The van der Waals surface area contributed by atoms with Crippen LogP contribution in [0.3, 0.4) is 0 Å². The van der Waals surface area contributed by atoms with Gasteiger partial charge in [0.1, 0.15) is 5.75 Å². The van der Waals surface area contributed by atoms with E-state index in [1.807, 2.05) is 54.6 Å². The number of hydrogen-bond donors (Lipinski definition) is 0. The van der Waals surface area contributed by atoms with Crippen LogP contribution in [0.2, 0.25) is 0 Å². The molecule has 0 aliphatic carbocycles. The molecule has 4 aromatic rings. The Bertz CT molecular complexity index is 1430. The highest BCUT2D eigenvalue weighted by molar-refractivity contribution is 5.91. The molecule has 194 valence electrons. The van der Waals surface area contributed by atoms with Crippen molar-refractivity contribution < 1.29 is 32.9 Å². The summed E-state index contributed by atoms with van der Waals surface area (Å²) in [6, 6.07) is 23.1. The quantitative estimate of drug-likeness (QED) is 0.288. The Morgan fingerprint density at radius 2 is 1.61 bits per heavy atom. The van der Waals surface area contributed by atoms with E-state index >= 15 is 0 Å². The highest BCUT2D eigenvalue weighted by Gasteiger charge is 2.26. The molecule has 1 atom stereocenters. The van der Waals surface area contributed by atoms with Crippen molar-refractivity contribution in [1.29, 1.82) is 0 Å². The van der Waals surface area contributed by atoms with E-state index in [1.165, 1.54) is 6.26 Å². The molecule has 6 rings (SSSR count). The Hall–Kier alpha value is -4.59. The van der Waals surface area contributed by atoms with Crippen molar-refractivity contribution >= 4 is 5.91 Å². The van der Waals surface area contributed by atoms with Gasteiger partial charge >= 0.3 is 0 Å². The highest BCUT2D eigenvalue weighted by atomic mass is 16.7. The number of amides is 1. The number of benzene rings is 3. The number of furan rings is 1. The van der Waals surface area contributed by atoms with Crippen molar-refractivity contribution in [1.82, 2.24) is 4.90 Å². The van der Waals surface area contributed by atoms with Gasteiger partial charge in [-0.15, -0.1) is 0 Å². The third-order valence-corrected chi connectivity index (χ3v) is 6.83. The lowest BCUT2D eigenvalue weighted by molar-refractivity contribution is 0.0706. The monoisotopic (exact) mass is 513 g/mol. The number of fused-ring (bicyclic) bond motifs is 2. The summed E-state index contributed by atoms with van der Waals surface area (Å²) >= 11 is 0. The molecule has 0 fully saturated rings. The molecule has 0 N–H and O–H groups in total. The summed E-state index contributed by atoms with van der Waals surface area (Å²) in [5.74, 6) is 3.66. The average Bonchev–Trinajstić information content (AvgIpc) is 3.74. The lowest BCUT2D eigenvalue weighted by Crippen LogP contribution is -2.32. The van der Waals surface area contributed by atoms with E-state index < -0.39 is 0 Å². The largest absolute Gasteiger partial charge is 0.496 e. The van der Waals surface area contributed by atoms with Gasteiger partial charge in [0.2, 0.25) is 13.6 Å². The maximum absolute atomic E-state index is 13.5. The predicted octanol–water partition coefficient (Wildman–Crippen LogP) is 5.61. The minimum atomic E-state index is -0.183. The molecule has 2 aliphatic rings. The van der Waals surface area contributed by atoms with Gasteiger partial charge in [0.05, 0.1) is 13.4 Å². The molecular formula is C30H27NO7. The topological polar surface area (TPSA) is 79.6 Å². The zero-order valence-electron chi connectivity index (χ0n) is 20.9. The van der Waals surface area contributed by atoms with Crippen LogP contribution in [0.5, 0.6) is 28.7 Å². The first-order chi connectivity index (χ1) is 18.7. The van der Waals surface area contributed by atoms with Crippen LogP contribution in [0.4, 0.5) is 0 Å². The zero-order valence-corrected chi connectivity index (χ0v) is 20.9. The SMILES string of the molecule is COc1ccccc1C(CCN(Cc1ccc2c(c1)OCO2)C(=O)c1ccco1)c1ccc2c(c1)OCO2. The van der Waals surface area contributed by atoms with Crippen LogP contribution in [0.1, 0.15) is 39.6 Å². The van der Waals surface area contributed by atoms with Crippen LogP contribution in [0.15, 0.2) is 83.5 Å². The van der Waals surface area contributed by atoms with Crippen LogP contribution in [0.25, 0.3) is 0 Å². The summed E-state index contributed by atoms with van der Waals surface area (Å²) in [6.07, 6.45) is 2.15. The fourth-order valence-electron chi connectivity index (χ4n) is 4.94. The number of para-hydroxylation sites is 1. The van der Waals surface area contributed by atoms with Gasteiger partial charge in [0.25, 0.3) is 5.91 Å². The first kappa shape index (κ1) is 23.8. The van der Waals surface area contributed by atoms with Crippen LogP contribution in [0, 0.1) is 0 Å². The van der Waals surface area contributed by atoms with Crippen molar-refractivity contribution in [2.75, 3.05) is 27.2 Å². The molecule has 1 amide bonds. The van der Waals surface area contributed by atoms with E-state index in [9.17, 15) is 4.79 Å². The van der Waals surface area contributed by atoms with Crippen LogP contribution < -0.4 is 23.7 Å². The Morgan fingerprint density at radius 1 is 0.868 bits per heavy atom. The normalized spacial score (nSPS) is 13.8. The minimum Gasteiger partial charge on any atom is -0.496 e. The second kappa shape index (κ2) is 10.4. The molecule has 0 spiro atoms. The predicted molar refractivity (Wildman–Crippen MR) is 138 cm³/mol. The molecule has 8 heteroatoms. The molecule has 1 unspecified atom stereocenters. The summed E-state index contributed by atoms with van der Waals surface area (Å²) < 4.78 is 33.4. The van der Waals surface area contributed by atoms with Gasteiger partial charge in [-0.05, 0) is 60.0 Å². The lowest BCUT2D eigenvalue weighted by atomic mass is 9.87. The second-order valence-corrected chi connectivity index (χ2v) is 9.09. The fourth-order valence-corrected chi connectivity index (χ4v) is 4.94. The standard InChI is InChI=1S/C30H27NO7/c1-33-24-6-3-2-5-23(24)22(21-9-11-26-29(16-21)38-19-36-26)12-13-31(30(32)27-7-4-14-34-27)17-20-8-10-25-28(15-20)37-18-35-25/h2-11,14-16,22H,12-13,17-19H2,1H3. The molecule has 3 heterocycles. The van der Waals surface area contributed by atoms with E-state index in [-0.39, 0.29) is 25.4 Å². The molecule has 0 saturated carbocycles. The zero-order chi connectivity index (χ0) is 25.9. The molecule has 8 nitrogen and oxygen atoms in total. The number of hydrogen-bond acceptors (Lipinski definition) is 7. The van der Waals surface area contributed by atoms with Gasteiger partial charge in [0, 0.05) is 24.6 Å². The van der Waals surface area contributed by atoms with E-state index in [4.69, 9.17) is 28.1 Å². The molecule has 2 aliphatic heterocycles. The Balaban J connectivity index is 1.31.